The Hall–Kier alpha value is -1.18. The smallest absolute Gasteiger partial charge is 0.0441 e. The Labute approximate surface area is 118 Å². The van der Waals surface area contributed by atoms with Crippen LogP contribution in [0.3, 0.4) is 0 Å². The highest BCUT2D eigenvalue weighted by Gasteiger charge is 1.98. The van der Waals surface area contributed by atoms with E-state index < -0.39 is 0 Å². The van der Waals surface area contributed by atoms with E-state index in [2.05, 4.69) is 36.5 Å². The van der Waals surface area contributed by atoms with Crippen LogP contribution in [-0.4, -0.2) is 0 Å². The van der Waals surface area contributed by atoms with E-state index in [-0.39, 0.29) is 0 Å². The first-order valence-electron chi connectivity index (χ1n) is 5.95. The molecular formula is C15H15Cl2N. The average molecular weight is 280 g/mol. The molecule has 0 radical (unpaired) electrons. The molecule has 0 aliphatic carbocycles. The van der Waals surface area contributed by atoms with Gasteiger partial charge in [-0.2, -0.15) is 0 Å². The van der Waals surface area contributed by atoms with E-state index in [1.54, 1.807) is 6.07 Å². The zero-order valence-corrected chi connectivity index (χ0v) is 11.7. The number of hydrogen-bond acceptors (Lipinski definition) is 1. The number of hydrogen-bond donors (Lipinski definition) is 1. The molecule has 94 valence electrons. The number of aryl methyl sites for hydroxylation is 1. The van der Waals surface area contributed by atoms with Gasteiger partial charge in [0.25, 0.3) is 0 Å². The van der Waals surface area contributed by atoms with Crippen molar-refractivity contribution in [2.45, 2.75) is 19.9 Å². The molecule has 2 rings (SSSR count). The van der Waals surface area contributed by atoms with Gasteiger partial charge in [0.15, 0.2) is 0 Å². The summed E-state index contributed by atoms with van der Waals surface area (Å²) in [6.07, 6.45) is 1.07. The van der Waals surface area contributed by atoms with Crippen LogP contribution in [-0.2, 0) is 13.0 Å². The molecule has 18 heavy (non-hydrogen) atoms. The van der Waals surface area contributed by atoms with E-state index in [4.69, 9.17) is 23.2 Å². The standard InChI is InChI=1S/C15H15Cl2N/c1-2-11-3-5-12(6-4-11)10-18-15-8-13(16)7-14(17)9-15/h3-9,18H,2,10H2,1H3. The van der Waals surface area contributed by atoms with Gasteiger partial charge >= 0.3 is 0 Å². The molecule has 0 aromatic heterocycles. The zero-order valence-electron chi connectivity index (χ0n) is 10.2. The van der Waals surface area contributed by atoms with E-state index in [9.17, 15) is 0 Å². The predicted molar refractivity (Wildman–Crippen MR) is 79.6 cm³/mol. The van der Waals surface area contributed by atoms with Crippen LogP contribution >= 0.6 is 23.2 Å². The highest BCUT2D eigenvalue weighted by molar-refractivity contribution is 6.35. The quantitative estimate of drug-likeness (QED) is 0.814. The average Bonchev–Trinajstić information content (AvgIpc) is 2.36. The first-order valence-corrected chi connectivity index (χ1v) is 6.71. The maximum Gasteiger partial charge on any atom is 0.0441 e. The predicted octanol–water partition coefficient (Wildman–Crippen LogP) is 5.17. The molecule has 2 aromatic carbocycles. The molecule has 0 unspecified atom stereocenters. The van der Waals surface area contributed by atoms with Crippen molar-refractivity contribution in [1.29, 1.82) is 0 Å². The third-order valence-electron chi connectivity index (χ3n) is 2.79. The number of benzene rings is 2. The maximum absolute atomic E-state index is 5.95. The van der Waals surface area contributed by atoms with Gasteiger partial charge in [0, 0.05) is 22.3 Å². The Kier molecular flexibility index (Phi) is 4.51. The molecule has 0 bridgehead atoms. The summed E-state index contributed by atoms with van der Waals surface area (Å²) in [5.41, 5.74) is 3.53. The monoisotopic (exact) mass is 279 g/mol. The highest BCUT2D eigenvalue weighted by Crippen LogP contribution is 2.22. The summed E-state index contributed by atoms with van der Waals surface area (Å²) in [5, 5.41) is 4.60. The van der Waals surface area contributed by atoms with E-state index in [0.29, 0.717) is 10.0 Å². The molecule has 1 N–H and O–H groups in total. The molecule has 0 atom stereocenters. The van der Waals surface area contributed by atoms with Crippen molar-refractivity contribution >= 4 is 28.9 Å². The topological polar surface area (TPSA) is 12.0 Å². The molecule has 1 nitrogen and oxygen atoms in total. The summed E-state index contributed by atoms with van der Waals surface area (Å²) in [7, 11) is 0. The van der Waals surface area contributed by atoms with Crippen LogP contribution in [0.25, 0.3) is 0 Å². The molecule has 0 aliphatic rings. The van der Waals surface area contributed by atoms with Crippen LogP contribution in [0.5, 0.6) is 0 Å². The van der Waals surface area contributed by atoms with E-state index in [1.165, 1.54) is 11.1 Å². The molecule has 3 heteroatoms. The summed E-state index contributed by atoms with van der Waals surface area (Å²) < 4.78 is 0. The van der Waals surface area contributed by atoms with Crippen molar-refractivity contribution in [3.63, 3.8) is 0 Å². The molecule has 2 aromatic rings. The third-order valence-corrected chi connectivity index (χ3v) is 3.23. The molecule has 0 fully saturated rings. The Morgan fingerprint density at radius 1 is 0.889 bits per heavy atom. The number of nitrogens with one attached hydrogen (secondary N) is 1. The lowest BCUT2D eigenvalue weighted by Crippen LogP contribution is -1.99. The summed E-state index contributed by atoms with van der Waals surface area (Å²) in [5.74, 6) is 0. The minimum Gasteiger partial charge on any atom is -0.381 e. The highest BCUT2D eigenvalue weighted by atomic mass is 35.5. The van der Waals surface area contributed by atoms with Crippen LogP contribution in [0.4, 0.5) is 5.69 Å². The van der Waals surface area contributed by atoms with Crippen LogP contribution in [0.2, 0.25) is 10.0 Å². The fraction of sp³-hybridized carbons (Fsp3) is 0.200. The van der Waals surface area contributed by atoms with Crippen molar-refractivity contribution in [2.75, 3.05) is 5.32 Å². The SMILES string of the molecule is CCc1ccc(CNc2cc(Cl)cc(Cl)c2)cc1. The molecule has 0 heterocycles. The van der Waals surface area contributed by atoms with Gasteiger partial charge in [-0.1, -0.05) is 54.4 Å². The zero-order chi connectivity index (χ0) is 13.0. The minimum absolute atomic E-state index is 0.645. The Balaban J connectivity index is 2.01. The largest absolute Gasteiger partial charge is 0.381 e. The maximum atomic E-state index is 5.95. The van der Waals surface area contributed by atoms with Gasteiger partial charge in [0.2, 0.25) is 0 Å². The van der Waals surface area contributed by atoms with Gasteiger partial charge in [0.1, 0.15) is 0 Å². The fourth-order valence-electron chi connectivity index (χ4n) is 1.75. The second-order valence-electron chi connectivity index (χ2n) is 4.18. The molecule has 0 aliphatic heterocycles. The first-order chi connectivity index (χ1) is 8.67. The third kappa shape index (κ3) is 3.66. The summed E-state index contributed by atoms with van der Waals surface area (Å²) in [6.45, 7) is 2.92. The Bertz CT molecular complexity index is 500. The van der Waals surface area contributed by atoms with Crippen molar-refractivity contribution in [2.24, 2.45) is 0 Å². The number of rotatable bonds is 4. The van der Waals surface area contributed by atoms with Gasteiger partial charge in [-0.3, -0.25) is 0 Å². The molecule has 0 amide bonds. The number of halogens is 2. The van der Waals surface area contributed by atoms with Crippen LogP contribution in [0.1, 0.15) is 18.1 Å². The van der Waals surface area contributed by atoms with Crippen LogP contribution < -0.4 is 5.32 Å². The van der Waals surface area contributed by atoms with Crippen molar-refractivity contribution < 1.29 is 0 Å². The van der Waals surface area contributed by atoms with Crippen molar-refractivity contribution in [3.05, 3.63) is 63.6 Å². The van der Waals surface area contributed by atoms with Crippen molar-refractivity contribution in [1.82, 2.24) is 0 Å². The Morgan fingerprint density at radius 3 is 2.00 bits per heavy atom. The van der Waals surface area contributed by atoms with Gasteiger partial charge in [-0.15, -0.1) is 0 Å². The minimum atomic E-state index is 0.645. The van der Waals surface area contributed by atoms with Gasteiger partial charge in [0.05, 0.1) is 0 Å². The van der Waals surface area contributed by atoms with Gasteiger partial charge in [-0.05, 0) is 35.7 Å². The lowest BCUT2D eigenvalue weighted by atomic mass is 10.1. The normalized spacial score (nSPS) is 10.4. The van der Waals surface area contributed by atoms with E-state index in [0.717, 1.165) is 18.7 Å². The van der Waals surface area contributed by atoms with Gasteiger partial charge < -0.3 is 5.32 Å². The number of anilines is 1. The fourth-order valence-corrected chi connectivity index (χ4v) is 2.28. The van der Waals surface area contributed by atoms with E-state index in [1.807, 2.05) is 12.1 Å². The van der Waals surface area contributed by atoms with Crippen molar-refractivity contribution in [3.8, 4) is 0 Å². The summed E-state index contributed by atoms with van der Waals surface area (Å²) in [6, 6.07) is 14.0. The summed E-state index contributed by atoms with van der Waals surface area (Å²) >= 11 is 11.9. The second-order valence-corrected chi connectivity index (χ2v) is 5.05. The van der Waals surface area contributed by atoms with E-state index >= 15 is 0 Å². The lowest BCUT2D eigenvalue weighted by Gasteiger charge is -2.08. The second kappa shape index (κ2) is 6.12. The van der Waals surface area contributed by atoms with Crippen LogP contribution in [0.15, 0.2) is 42.5 Å². The molecule has 0 saturated heterocycles. The first kappa shape index (κ1) is 13.3. The van der Waals surface area contributed by atoms with Gasteiger partial charge in [-0.25, -0.2) is 0 Å². The lowest BCUT2D eigenvalue weighted by molar-refractivity contribution is 1.11. The Morgan fingerprint density at radius 2 is 1.44 bits per heavy atom. The molecule has 0 spiro atoms. The summed E-state index contributed by atoms with van der Waals surface area (Å²) in [4.78, 5) is 0. The van der Waals surface area contributed by atoms with Crippen LogP contribution in [0, 0.1) is 0 Å². The molecule has 0 saturated carbocycles. The molecular weight excluding hydrogens is 265 g/mol.